The number of nitrogens with zero attached hydrogens (tertiary/aromatic N) is 1. The number of nitrogens with one attached hydrogen (secondary N) is 1. The lowest BCUT2D eigenvalue weighted by Gasteiger charge is -2.12. The van der Waals surface area contributed by atoms with E-state index >= 15 is 0 Å². The van der Waals surface area contributed by atoms with Gasteiger partial charge in [-0.3, -0.25) is 9.36 Å². The van der Waals surface area contributed by atoms with Crippen molar-refractivity contribution in [3.63, 3.8) is 0 Å². The van der Waals surface area contributed by atoms with Crippen molar-refractivity contribution >= 4 is 0 Å². The molecule has 1 fully saturated rings. The Morgan fingerprint density at radius 3 is 2.75 bits per heavy atom. The zero-order valence-electron chi connectivity index (χ0n) is 9.53. The normalized spacial score (nSPS) is 20.6. The largest absolute Gasteiger partial charge is 0.372 e. The fourth-order valence-electron chi connectivity index (χ4n) is 2.01. The molecule has 1 aliphatic heterocycles. The van der Waals surface area contributed by atoms with Gasteiger partial charge in [-0.05, 0) is 26.7 Å². The van der Waals surface area contributed by atoms with Crippen molar-refractivity contribution in [2.45, 2.75) is 38.8 Å². The van der Waals surface area contributed by atoms with Crippen LogP contribution < -0.4 is 11.2 Å². The van der Waals surface area contributed by atoms with Gasteiger partial charge in [0.25, 0.3) is 5.56 Å². The maximum atomic E-state index is 11.7. The van der Waals surface area contributed by atoms with Crippen molar-refractivity contribution in [2.75, 3.05) is 6.61 Å². The van der Waals surface area contributed by atoms with Crippen molar-refractivity contribution in [3.8, 4) is 0 Å². The van der Waals surface area contributed by atoms with Crippen molar-refractivity contribution in [1.29, 1.82) is 0 Å². The highest BCUT2D eigenvalue weighted by atomic mass is 16.5. The summed E-state index contributed by atoms with van der Waals surface area (Å²) in [5.74, 6) is 0. The van der Waals surface area contributed by atoms with Crippen LogP contribution in [0.5, 0.6) is 0 Å². The van der Waals surface area contributed by atoms with Crippen LogP contribution in [-0.4, -0.2) is 16.2 Å². The second-order valence-corrected chi connectivity index (χ2v) is 4.33. The molecule has 0 unspecified atom stereocenters. The van der Waals surface area contributed by atoms with Crippen LogP contribution in [0.1, 0.15) is 44.5 Å². The number of hydrogen-bond donors (Lipinski definition) is 1. The van der Waals surface area contributed by atoms with E-state index in [4.69, 9.17) is 4.74 Å². The van der Waals surface area contributed by atoms with E-state index in [0.29, 0.717) is 12.3 Å². The fraction of sp³-hybridized carbons (Fsp3) is 0.636. The van der Waals surface area contributed by atoms with Crippen LogP contribution in [0.2, 0.25) is 0 Å². The molecular weight excluding hydrogens is 208 g/mol. The van der Waals surface area contributed by atoms with E-state index < -0.39 is 0 Å². The minimum Gasteiger partial charge on any atom is -0.372 e. The van der Waals surface area contributed by atoms with E-state index in [-0.39, 0.29) is 23.4 Å². The van der Waals surface area contributed by atoms with E-state index in [1.807, 2.05) is 13.8 Å². The van der Waals surface area contributed by atoms with Gasteiger partial charge in [-0.25, -0.2) is 4.79 Å². The van der Waals surface area contributed by atoms with Crippen LogP contribution in [-0.2, 0) is 4.74 Å². The third kappa shape index (κ3) is 1.95. The Labute approximate surface area is 93.1 Å². The van der Waals surface area contributed by atoms with Crippen LogP contribution in [0, 0.1) is 0 Å². The summed E-state index contributed by atoms with van der Waals surface area (Å²) < 4.78 is 6.64. The number of hydrogen-bond acceptors (Lipinski definition) is 3. The summed E-state index contributed by atoms with van der Waals surface area (Å²) in [6.07, 6.45) is 1.71. The highest BCUT2D eigenvalue weighted by Crippen LogP contribution is 2.25. The zero-order chi connectivity index (χ0) is 11.7. The SMILES string of the molecule is CC(C)n1c(=O)cc([C@H]2CCCO2)[nH]c1=O. The van der Waals surface area contributed by atoms with Gasteiger partial charge in [0.1, 0.15) is 0 Å². The molecule has 1 aromatic rings. The Hall–Kier alpha value is -1.36. The summed E-state index contributed by atoms with van der Waals surface area (Å²) in [6, 6.07) is 1.34. The smallest absolute Gasteiger partial charge is 0.328 e. The highest BCUT2D eigenvalue weighted by Gasteiger charge is 2.20. The Kier molecular flexibility index (Phi) is 2.96. The Morgan fingerprint density at radius 1 is 1.50 bits per heavy atom. The summed E-state index contributed by atoms with van der Waals surface area (Å²) >= 11 is 0. The topological polar surface area (TPSA) is 64.1 Å². The van der Waals surface area contributed by atoms with Crippen LogP contribution in [0.15, 0.2) is 15.7 Å². The van der Waals surface area contributed by atoms with Crippen LogP contribution in [0.3, 0.4) is 0 Å². The molecule has 0 spiro atoms. The van der Waals surface area contributed by atoms with Crippen molar-refractivity contribution in [2.24, 2.45) is 0 Å². The summed E-state index contributed by atoms with van der Waals surface area (Å²) in [5, 5.41) is 0. The Balaban J connectivity index is 2.44. The number of ether oxygens (including phenoxy) is 1. The van der Waals surface area contributed by atoms with Crippen LogP contribution in [0.4, 0.5) is 0 Å². The van der Waals surface area contributed by atoms with Gasteiger partial charge in [0.15, 0.2) is 0 Å². The van der Waals surface area contributed by atoms with E-state index in [0.717, 1.165) is 12.8 Å². The van der Waals surface area contributed by atoms with Gasteiger partial charge in [-0.2, -0.15) is 0 Å². The maximum Gasteiger partial charge on any atom is 0.328 e. The second-order valence-electron chi connectivity index (χ2n) is 4.33. The van der Waals surface area contributed by atoms with Crippen LogP contribution in [0.25, 0.3) is 0 Å². The molecule has 1 N–H and O–H groups in total. The molecule has 5 nitrogen and oxygen atoms in total. The number of aromatic amines is 1. The van der Waals surface area contributed by atoms with Gasteiger partial charge in [0.2, 0.25) is 0 Å². The molecule has 88 valence electrons. The molecule has 2 heterocycles. The van der Waals surface area contributed by atoms with Gasteiger partial charge < -0.3 is 9.72 Å². The first-order chi connectivity index (χ1) is 7.59. The van der Waals surface area contributed by atoms with Crippen molar-refractivity contribution in [1.82, 2.24) is 9.55 Å². The molecule has 1 aliphatic rings. The van der Waals surface area contributed by atoms with E-state index in [1.54, 1.807) is 0 Å². The predicted molar refractivity (Wildman–Crippen MR) is 59.6 cm³/mol. The van der Waals surface area contributed by atoms with E-state index in [2.05, 4.69) is 4.98 Å². The molecule has 16 heavy (non-hydrogen) atoms. The van der Waals surface area contributed by atoms with Crippen LogP contribution >= 0.6 is 0 Å². The average molecular weight is 224 g/mol. The quantitative estimate of drug-likeness (QED) is 0.814. The van der Waals surface area contributed by atoms with Gasteiger partial charge >= 0.3 is 5.69 Å². The summed E-state index contributed by atoms with van der Waals surface area (Å²) in [7, 11) is 0. The second kappa shape index (κ2) is 4.25. The number of rotatable bonds is 2. The fourth-order valence-corrected chi connectivity index (χ4v) is 2.01. The third-order valence-electron chi connectivity index (χ3n) is 2.78. The summed E-state index contributed by atoms with van der Waals surface area (Å²) in [5.41, 5.74) is -0.0124. The van der Waals surface area contributed by atoms with Gasteiger partial charge in [-0.1, -0.05) is 0 Å². The molecule has 1 aromatic heterocycles. The Bertz CT molecular complexity index is 449. The summed E-state index contributed by atoms with van der Waals surface area (Å²) in [6.45, 7) is 4.31. The van der Waals surface area contributed by atoms with Gasteiger partial charge in [0, 0.05) is 18.7 Å². The van der Waals surface area contributed by atoms with Crippen molar-refractivity contribution < 1.29 is 4.74 Å². The van der Waals surface area contributed by atoms with Crippen molar-refractivity contribution in [3.05, 3.63) is 32.6 Å². The van der Waals surface area contributed by atoms with E-state index in [9.17, 15) is 9.59 Å². The average Bonchev–Trinajstić information content (AvgIpc) is 2.67. The molecule has 0 amide bonds. The molecular formula is C11H16N2O3. The minimum atomic E-state index is -0.354. The maximum absolute atomic E-state index is 11.7. The Morgan fingerprint density at radius 2 is 2.25 bits per heavy atom. The molecule has 1 saturated heterocycles. The van der Waals surface area contributed by atoms with Gasteiger partial charge in [-0.15, -0.1) is 0 Å². The molecule has 0 saturated carbocycles. The first-order valence-electron chi connectivity index (χ1n) is 5.57. The summed E-state index contributed by atoms with van der Waals surface area (Å²) in [4.78, 5) is 26.2. The lowest BCUT2D eigenvalue weighted by Crippen LogP contribution is -2.37. The third-order valence-corrected chi connectivity index (χ3v) is 2.78. The molecule has 0 aromatic carbocycles. The zero-order valence-corrected chi connectivity index (χ0v) is 9.53. The molecule has 0 bridgehead atoms. The molecule has 5 heteroatoms. The standard InChI is InChI=1S/C11H16N2O3/c1-7(2)13-10(14)6-8(12-11(13)15)9-4-3-5-16-9/h6-7,9H,3-5H2,1-2H3,(H,12,15)/t9-/m1/s1. The van der Waals surface area contributed by atoms with Gasteiger partial charge in [0.05, 0.1) is 11.8 Å². The molecule has 2 rings (SSSR count). The van der Waals surface area contributed by atoms with E-state index in [1.165, 1.54) is 10.6 Å². The minimum absolute atomic E-state index is 0.123. The molecule has 0 aliphatic carbocycles. The lowest BCUT2D eigenvalue weighted by atomic mass is 10.2. The number of H-pyrrole nitrogens is 1. The number of aromatic nitrogens is 2. The predicted octanol–water partition coefficient (Wildman–Crippen LogP) is 0.969. The monoisotopic (exact) mass is 224 g/mol. The molecule has 0 radical (unpaired) electrons. The lowest BCUT2D eigenvalue weighted by molar-refractivity contribution is 0.108. The molecule has 1 atom stereocenters. The first-order valence-corrected chi connectivity index (χ1v) is 5.57. The highest BCUT2D eigenvalue weighted by molar-refractivity contribution is 5.05. The first kappa shape index (κ1) is 11.1.